The lowest BCUT2D eigenvalue weighted by molar-refractivity contribution is -0.0620. The summed E-state index contributed by atoms with van der Waals surface area (Å²) in [6.07, 6.45) is 9.53. The fourth-order valence-electron chi connectivity index (χ4n) is 6.54. The molecule has 1 aromatic carbocycles. The summed E-state index contributed by atoms with van der Waals surface area (Å²) in [6, 6.07) is 4.05. The maximum atomic E-state index is 14.2. The molecule has 4 bridgehead atoms. The smallest absolute Gasteiger partial charge is 0.128 e. The Morgan fingerprint density at radius 3 is 2.24 bits per heavy atom. The van der Waals surface area contributed by atoms with Crippen LogP contribution in [0.25, 0.3) is 0 Å². The SMILES string of the molecule is Cc1ccc(F)c2c1NC(C13CC4CC(CC(C4)C1)C3)C2. The van der Waals surface area contributed by atoms with Crippen LogP contribution in [0.3, 0.4) is 0 Å². The molecular weight excluding hydrogens is 261 g/mol. The summed E-state index contributed by atoms with van der Waals surface area (Å²) in [7, 11) is 0. The van der Waals surface area contributed by atoms with Crippen molar-refractivity contribution in [1.82, 2.24) is 0 Å². The van der Waals surface area contributed by atoms with Crippen molar-refractivity contribution in [3.63, 3.8) is 0 Å². The first kappa shape index (κ1) is 12.5. The maximum absolute atomic E-state index is 14.2. The average Bonchev–Trinajstić information content (AvgIpc) is 2.89. The molecule has 1 aliphatic heterocycles. The van der Waals surface area contributed by atoms with E-state index in [1.54, 1.807) is 6.07 Å². The minimum absolute atomic E-state index is 0.00433. The number of anilines is 1. The minimum atomic E-state index is -0.00433. The molecule has 1 nitrogen and oxygen atoms in total. The number of halogens is 1. The topological polar surface area (TPSA) is 12.0 Å². The van der Waals surface area contributed by atoms with Crippen molar-refractivity contribution in [1.29, 1.82) is 0 Å². The Kier molecular flexibility index (Phi) is 2.39. The summed E-state index contributed by atoms with van der Waals surface area (Å²) in [5.74, 6) is 2.89. The van der Waals surface area contributed by atoms with Gasteiger partial charge in [0.15, 0.2) is 0 Å². The van der Waals surface area contributed by atoms with Crippen LogP contribution in [-0.4, -0.2) is 6.04 Å². The number of rotatable bonds is 1. The molecule has 1 atom stereocenters. The highest BCUT2D eigenvalue weighted by molar-refractivity contribution is 5.63. The van der Waals surface area contributed by atoms with E-state index >= 15 is 0 Å². The Morgan fingerprint density at radius 1 is 1.05 bits per heavy atom. The second kappa shape index (κ2) is 4.02. The lowest BCUT2D eigenvalue weighted by atomic mass is 9.47. The van der Waals surface area contributed by atoms with Crippen molar-refractivity contribution in [3.8, 4) is 0 Å². The van der Waals surface area contributed by atoms with E-state index in [4.69, 9.17) is 0 Å². The van der Waals surface area contributed by atoms with Gasteiger partial charge < -0.3 is 5.32 Å². The van der Waals surface area contributed by atoms with Gasteiger partial charge in [0.2, 0.25) is 0 Å². The molecule has 2 heteroatoms. The van der Waals surface area contributed by atoms with Crippen molar-refractivity contribution in [2.45, 2.75) is 57.9 Å². The van der Waals surface area contributed by atoms with Crippen molar-refractivity contribution in [2.24, 2.45) is 23.2 Å². The van der Waals surface area contributed by atoms with E-state index in [2.05, 4.69) is 12.2 Å². The Bertz CT molecular complexity index is 540. The average molecular weight is 285 g/mol. The molecule has 0 aromatic heterocycles. The van der Waals surface area contributed by atoms with E-state index in [0.717, 1.165) is 35.4 Å². The lowest BCUT2D eigenvalue weighted by Gasteiger charge is -2.59. The van der Waals surface area contributed by atoms with Crippen LogP contribution in [0.4, 0.5) is 10.1 Å². The fraction of sp³-hybridized carbons (Fsp3) is 0.684. The first-order valence-electron chi connectivity index (χ1n) is 8.67. The number of fused-ring (bicyclic) bond motifs is 1. The number of hydrogen-bond donors (Lipinski definition) is 1. The van der Waals surface area contributed by atoms with Gasteiger partial charge in [-0.3, -0.25) is 0 Å². The normalized spacial score (nSPS) is 43.0. The molecule has 0 saturated heterocycles. The zero-order valence-corrected chi connectivity index (χ0v) is 12.8. The molecule has 21 heavy (non-hydrogen) atoms. The van der Waals surface area contributed by atoms with Crippen LogP contribution in [0.2, 0.25) is 0 Å². The van der Waals surface area contributed by atoms with Gasteiger partial charge in [-0.15, -0.1) is 0 Å². The standard InChI is InChI=1S/C19H24FN/c1-11-2-3-16(20)15-7-17(21-18(11)15)19-8-12-4-13(9-19)6-14(5-12)10-19/h2-3,12-14,17,21H,4-10H2,1H3. The number of aryl methyl sites for hydroxylation is 1. The molecule has 1 N–H and O–H groups in total. The van der Waals surface area contributed by atoms with E-state index in [1.807, 2.05) is 6.07 Å². The third-order valence-electron chi connectivity index (χ3n) is 7.02. The predicted octanol–water partition coefficient (Wildman–Crippen LogP) is 4.69. The molecule has 0 radical (unpaired) electrons. The number of benzene rings is 1. The molecule has 0 amide bonds. The highest BCUT2D eigenvalue weighted by atomic mass is 19.1. The zero-order chi connectivity index (χ0) is 14.2. The van der Waals surface area contributed by atoms with Gasteiger partial charge in [-0.2, -0.15) is 0 Å². The van der Waals surface area contributed by atoms with Gasteiger partial charge in [0.05, 0.1) is 0 Å². The molecule has 4 aliphatic carbocycles. The van der Waals surface area contributed by atoms with Crippen LogP contribution in [0.5, 0.6) is 0 Å². The first-order chi connectivity index (χ1) is 10.1. The summed E-state index contributed by atoms with van der Waals surface area (Å²) in [5.41, 5.74) is 3.73. The summed E-state index contributed by atoms with van der Waals surface area (Å²) < 4.78 is 14.2. The monoisotopic (exact) mass is 285 g/mol. The third kappa shape index (κ3) is 1.68. The van der Waals surface area contributed by atoms with Gasteiger partial charge in [0, 0.05) is 17.3 Å². The van der Waals surface area contributed by atoms with Gasteiger partial charge in [0.25, 0.3) is 0 Å². The highest BCUT2D eigenvalue weighted by Gasteiger charge is 2.55. The van der Waals surface area contributed by atoms with Crippen LogP contribution in [0.15, 0.2) is 12.1 Å². The van der Waals surface area contributed by atoms with Gasteiger partial charge in [0.1, 0.15) is 5.82 Å². The summed E-state index contributed by atoms with van der Waals surface area (Å²) >= 11 is 0. The van der Waals surface area contributed by atoms with Crippen LogP contribution < -0.4 is 5.32 Å². The van der Waals surface area contributed by atoms with E-state index < -0.39 is 0 Å². The van der Waals surface area contributed by atoms with E-state index in [1.165, 1.54) is 44.1 Å². The summed E-state index contributed by atoms with van der Waals surface area (Å²) in [6.45, 7) is 2.10. The van der Waals surface area contributed by atoms with Crippen molar-refractivity contribution >= 4 is 5.69 Å². The van der Waals surface area contributed by atoms with Crippen LogP contribution in [0, 0.1) is 35.9 Å². The van der Waals surface area contributed by atoms with E-state index in [9.17, 15) is 4.39 Å². The third-order valence-corrected chi connectivity index (χ3v) is 7.02. The summed E-state index contributed by atoms with van der Waals surface area (Å²) in [5, 5.41) is 3.76. The molecule has 4 fully saturated rings. The Morgan fingerprint density at radius 2 is 1.67 bits per heavy atom. The Hall–Kier alpha value is -1.05. The van der Waals surface area contributed by atoms with Crippen LogP contribution in [0.1, 0.15) is 49.7 Å². The lowest BCUT2D eigenvalue weighted by Crippen LogP contribution is -2.53. The second-order valence-electron chi connectivity index (χ2n) is 8.40. The zero-order valence-electron chi connectivity index (χ0n) is 12.8. The van der Waals surface area contributed by atoms with Gasteiger partial charge in [-0.1, -0.05) is 6.07 Å². The Labute approximate surface area is 126 Å². The van der Waals surface area contributed by atoms with Gasteiger partial charge in [-0.05, 0) is 86.7 Å². The van der Waals surface area contributed by atoms with Gasteiger partial charge >= 0.3 is 0 Å². The van der Waals surface area contributed by atoms with Crippen molar-refractivity contribution in [3.05, 3.63) is 29.1 Å². The maximum Gasteiger partial charge on any atom is 0.128 e. The number of hydrogen-bond acceptors (Lipinski definition) is 1. The molecular formula is C19H24FN. The molecule has 6 rings (SSSR count). The Balaban J connectivity index is 1.50. The van der Waals surface area contributed by atoms with Crippen LogP contribution >= 0.6 is 0 Å². The molecule has 112 valence electrons. The molecule has 1 aromatic rings. The predicted molar refractivity (Wildman–Crippen MR) is 82.9 cm³/mol. The fourth-order valence-corrected chi connectivity index (χ4v) is 6.54. The van der Waals surface area contributed by atoms with Crippen molar-refractivity contribution < 1.29 is 4.39 Å². The first-order valence-corrected chi connectivity index (χ1v) is 8.67. The number of nitrogens with one attached hydrogen (secondary N) is 1. The van der Waals surface area contributed by atoms with Gasteiger partial charge in [-0.25, -0.2) is 4.39 Å². The molecule has 1 heterocycles. The summed E-state index contributed by atoms with van der Waals surface area (Å²) in [4.78, 5) is 0. The largest absolute Gasteiger partial charge is 0.381 e. The highest BCUT2D eigenvalue weighted by Crippen LogP contribution is 2.62. The van der Waals surface area contributed by atoms with Crippen LogP contribution in [-0.2, 0) is 6.42 Å². The van der Waals surface area contributed by atoms with Crippen molar-refractivity contribution in [2.75, 3.05) is 5.32 Å². The molecule has 4 saturated carbocycles. The van der Waals surface area contributed by atoms with E-state index in [-0.39, 0.29) is 5.82 Å². The molecule has 0 spiro atoms. The van der Waals surface area contributed by atoms with E-state index in [0.29, 0.717) is 11.5 Å². The molecule has 5 aliphatic rings. The quantitative estimate of drug-likeness (QED) is 0.789. The minimum Gasteiger partial charge on any atom is -0.381 e. The molecule has 1 unspecified atom stereocenters. The second-order valence-corrected chi connectivity index (χ2v) is 8.40.